The van der Waals surface area contributed by atoms with Crippen LogP contribution in [0.4, 0.5) is 11.5 Å². The maximum absolute atomic E-state index is 11.7. The minimum Gasteiger partial charge on any atom is -0.383 e. The van der Waals surface area contributed by atoms with Crippen LogP contribution in [0.3, 0.4) is 0 Å². The molecule has 0 saturated carbocycles. The van der Waals surface area contributed by atoms with Gasteiger partial charge in [0.1, 0.15) is 11.5 Å². The number of rotatable bonds is 4. The molecule has 0 aliphatic heterocycles. The first-order valence-electron chi connectivity index (χ1n) is 5.48. The third-order valence-electron chi connectivity index (χ3n) is 2.57. The number of anilines is 2. The molecule has 0 radical (unpaired) electrons. The fourth-order valence-electron chi connectivity index (χ4n) is 1.64. The molecule has 0 unspecified atom stereocenters. The lowest BCUT2D eigenvalue weighted by atomic mass is 10.4. The molecular weight excluding hydrogens is 236 g/mol. The summed E-state index contributed by atoms with van der Waals surface area (Å²) >= 11 is 0. The SMILES string of the molecule is CCn1c(N)c(NCc2ccn[nH]2)c(=O)[nH]c1=O. The molecule has 2 heterocycles. The van der Waals surface area contributed by atoms with Crippen LogP contribution >= 0.6 is 0 Å². The van der Waals surface area contributed by atoms with E-state index in [0.717, 1.165) is 5.69 Å². The summed E-state index contributed by atoms with van der Waals surface area (Å²) in [5, 5.41) is 9.43. The molecule has 0 spiro atoms. The van der Waals surface area contributed by atoms with E-state index in [2.05, 4.69) is 20.5 Å². The Labute approximate surface area is 102 Å². The average Bonchev–Trinajstić information content (AvgIpc) is 2.81. The van der Waals surface area contributed by atoms with Gasteiger partial charge in [0, 0.05) is 12.7 Å². The van der Waals surface area contributed by atoms with Gasteiger partial charge in [-0.05, 0) is 13.0 Å². The van der Waals surface area contributed by atoms with Gasteiger partial charge in [-0.25, -0.2) is 4.79 Å². The molecule has 0 saturated heterocycles. The Bertz CT molecular complexity index is 639. The van der Waals surface area contributed by atoms with Crippen molar-refractivity contribution in [2.75, 3.05) is 11.1 Å². The summed E-state index contributed by atoms with van der Waals surface area (Å²) in [5.74, 6) is 0.130. The van der Waals surface area contributed by atoms with Crippen LogP contribution in [-0.2, 0) is 13.1 Å². The van der Waals surface area contributed by atoms with Crippen LogP contribution in [0, 0.1) is 0 Å². The fourth-order valence-corrected chi connectivity index (χ4v) is 1.64. The highest BCUT2D eigenvalue weighted by atomic mass is 16.2. The lowest BCUT2D eigenvalue weighted by molar-refractivity contribution is 0.706. The Morgan fingerprint density at radius 2 is 2.28 bits per heavy atom. The van der Waals surface area contributed by atoms with E-state index in [0.29, 0.717) is 13.1 Å². The summed E-state index contributed by atoms with van der Waals surface area (Å²) in [4.78, 5) is 25.3. The van der Waals surface area contributed by atoms with Gasteiger partial charge in [-0.1, -0.05) is 0 Å². The first kappa shape index (κ1) is 12.0. The zero-order valence-electron chi connectivity index (χ0n) is 9.86. The second-order valence-corrected chi connectivity index (χ2v) is 3.70. The highest BCUT2D eigenvalue weighted by Crippen LogP contribution is 2.10. The van der Waals surface area contributed by atoms with E-state index in [1.165, 1.54) is 4.57 Å². The maximum atomic E-state index is 11.7. The van der Waals surface area contributed by atoms with Gasteiger partial charge in [0.15, 0.2) is 0 Å². The number of aromatic nitrogens is 4. The summed E-state index contributed by atoms with van der Waals surface area (Å²) in [5.41, 5.74) is 5.75. The Morgan fingerprint density at radius 3 is 2.89 bits per heavy atom. The molecule has 2 aromatic heterocycles. The van der Waals surface area contributed by atoms with Crippen molar-refractivity contribution in [3.63, 3.8) is 0 Å². The summed E-state index contributed by atoms with van der Waals surface area (Å²) < 4.78 is 1.29. The molecule has 2 aromatic rings. The standard InChI is InChI=1S/C10H14N6O2/c1-2-16-8(11)7(9(17)14-10(16)18)12-5-6-3-4-13-15-6/h3-4,12H,2,5,11H2,1H3,(H,13,15)(H,14,17,18). The first-order chi connectivity index (χ1) is 8.63. The topological polar surface area (TPSA) is 122 Å². The largest absolute Gasteiger partial charge is 0.383 e. The maximum Gasteiger partial charge on any atom is 0.330 e. The Morgan fingerprint density at radius 1 is 1.50 bits per heavy atom. The molecule has 18 heavy (non-hydrogen) atoms. The van der Waals surface area contributed by atoms with Crippen molar-refractivity contribution < 1.29 is 0 Å². The molecule has 0 atom stereocenters. The zero-order valence-corrected chi connectivity index (χ0v) is 9.86. The van der Waals surface area contributed by atoms with E-state index in [4.69, 9.17) is 5.73 Å². The van der Waals surface area contributed by atoms with Crippen LogP contribution < -0.4 is 22.3 Å². The minimum absolute atomic E-state index is 0.130. The summed E-state index contributed by atoms with van der Waals surface area (Å²) in [6.45, 7) is 2.53. The molecular formula is C10H14N6O2. The first-order valence-corrected chi connectivity index (χ1v) is 5.48. The molecule has 0 fully saturated rings. The van der Waals surface area contributed by atoms with Crippen LogP contribution in [-0.4, -0.2) is 19.7 Å². The number of nitrogen functional groups attached to an aromatic ring is 1. The number of H-pyrrole nitrogens is 2. The van der Waals surface area contributed by atoms with Crippen molar-refractivity contribution in [2.24, 2.45) is 0 Å². The molecule has 5 N–H and O–H groups in total. The predicted molar refractivity (Wildman–Crippen MR) is 67.3 cm³/mol. The third-order valence-corrected chi connectivity index (χ3v) is 2.57. The minimum atomic E-state index is -0.526. The summed E-state index contributed by atoms with van der Waals surface area (Å²) in [7, 11) is 0. The number of hydrogen-bond acceptors (Lipinski definition) is 5. The second-order valence-electron chi connectivity index (χ2n) is 3.70. The van der Waals surface area contributed by atoms with Gasteiger partial charge in [0.2, 0.25) is 0 Å². The van der Waals surface area contributed by atoms with Crippen LogP contribution in [0.25, 0.3) is 0 Å². The van der Waals surface area contributed by atoms with Gasteiger partial charge in [-0.3, -0.25) is 19.4 Å². The van der Waals surface area contributed by atoms with Crippen LogP contribution in [0.15, 0.2) is 21.9 Å². The fraction of sp³-hybridized carbons (Fsp3) is 0.300. The second kappa shape index (κ2) is 4.78. The quantitative estimate of drug-likeness (QED) is 0.581. The molecule has 96 valence electrons. The van der Waals surface area contributed by atoms with Crippen molar-refractivity contribution in [3.05, 3.63) is 38.8 Å². The number of nitrogens with two attached hydrogens (primary N) is 1. The van der Waals surface area contributed by atoms with E-state index in [1.807, 2.05) is 0 Å². The van der Waals surface area contributed by atoms with Crippen molar-refractivity contribution in [1.29, 1.82) is 0 Å². The van der Waals surface area contributed by atoms with Gasteiger partial charge in [-0.2, -0.15) is 5.10 Å². The number of nitrogens with zero attached hydrogens (tertiary/aromatic N) is 2. The highest BCUT2D eigenvalue weighted by Gasteiger charge is 2.10. The van der Waals surface area contributed by atoms with Gasteiger partial charge in [0.05, 0.1) is 12.2 Å². The van der Waals surface area contributed by atoms with E-state index >= 15 is 0 Å². The summed E-state index contributed by atoms with van der Waals surface area (Å²) in [6, 6.07) is 1.77. The lowest BCUT2D eigenvalue weighted by Gasteiger charge is -2.11. The molecule has 0 aromatic carbocycles. The Kier molecular flexibility index (Phi) is 3.18. The zero-order chi connectivity index (χ0) is 13.1. The smallest absolute Gasteiger partial charge is 0.330 e. The van der Waals surface area contributed by atoms with Crippen LogP contribution in [0.2, 0.25) is 0 Å². The molecule has 0 bridgehead atoms. The van der Waals surface area contributed by atoms with Gasteiger partial charge in [-0.15, -0.1) is 0 Å². The molecule has 2 rings (SSSR count). The molecule has 8 nitrogen and oxygen atoms in total. The van der Waals surface area contributed by atoms with Crippen molar-refractivity contribution in [3.8, 4) is 0 Å². The van der Waals surface area contributed by atoms with Crippen molar-refractivity contribution >= 4 is 11.5 Å². The molecule has 0 aliphatic carbocycles. The van der Waals surface area contributed by atoms with Crippen LogP contribution in [0.5, 0.6) is 0 Å². The predicted octanol–water partition coefficient (Wildman–Crippen LogP) is -0.526. The normalized spacial score (nSPS) is 10.5. The van der Waals surface area contributed by atoms with E-state index in [1.54, 1.807) is 19.2 Å². The van der Waals surface area contributed by atoms with E-state index < -0.39 is 11.2 Å². The van der Waals surface area contributed by atoms with Crippen molar-refractivity contribution in [2.45, 2.75) is 20.0 Å². The van der Waals surface area contributed by atoms with Gasteiger partial charge >= 0.3 is 5.69 Å². The van der Waals surface area contributed by atoms with Crippen LogP contribution in [0.1, 0.15) is 12.6 Å². The molecule has 8 heteroatoms. The average molecular weight is 250 g/mol. The molecule has 0 aliphatic rings. The Hall–Kier alpha value is -2.51. The third kappa shape index (κ3) is 2.12. The van der Waals surface area contributed by atoms with Gasteiger partial charge in [0.25, 0.3) is 5.56 Å². The Balaban J connectivity index is 2.33. The van der Waals surface area contributed by atoms with E-state index in [-0.39, 0.29) is 11.5 Å². The lowest BCUT2D eigenvalue weighted by Crippen LogP contribution is -2.33. The monoisotopic (exact) mass is 250 g/mol. The van der Waals surface area contributed by atoms with E-state index in [9.17, 15) is 9.59 Å². The molecule has 0 amide bonds. The number of hydrogen-bond donors (Lipinski definition) is 4. The highest BCUT2D eigenvalue weighted by molar-refractivity contribution is 5.60. The summed E-state index contributed by atoms with van der Waals surface area (Å²) in [6.07, 6.45) is 1.61. The van der Waals surface area contributed by atoms with Gasteiger partial charge < -0.3 is 11.1 Å². The van der Waals surface area contributed by atoms with Crippen molar-refractivity contribution in [1.82, 2.24) is 19.7 Å². The number of aromatic amines is 2. The number of nitrogens with one attached hydrogen (secondary N) is 3.